The molecule has 1 N–H and O–H groups in total. The largest absolute Gasteiger partial charge is 0.343 e. The molecule has 1 aromatic heterocycles. The molecule has 0 saturated carbocycles. The van der Waals surface area contributed by atoms with Gasteiger partial charge in [0.1, 0.15) is 0 Å². The highest BCUT2D eigenvalue weighted by molar-refractivity contribution is 8.18. The van der Waals surface area contributed by atoms with Crippen LogP contribution in [0.3, 0.4) is 0 Å². The number of carbonyl (C=O) groups is 2. The van der Waals surface area contributed by atoms with Gasteiger partial charge in [0, 0.05) is 22.7 Å². The second-order valence-corrected chi connectivity index (χ2v) is 6.80. The number of rotatable bonds is 3. The van der Waals surface area contributed by atoms with Crippen molar-refractivity contribution >= 4 is 39.9 Å². The van der Waals surface area contributed by atoms with Crippen LogP contribution in [0.4, 0.5) is 13.6 Å². The van der Waals surface area contributed by atoms with Crippen LogP contribution < -0.4 is 5.32 Å². The minimum atomic E-state index is -0.877. The number of nitrogens with zero attached hydrogens (tertiary/aromatic N) is 1. The van der Waals surface area contributed by atoms with Crippen molar-refractivity contribution in [1.82, 2.24) is 9.88 Å². The summed E-state index contributed by atoms with van der Waals surface area (Å²) in [6.45, 7) is 0.181. The molecule has 3 aromatic rings. The van der Waals surface area contributed by atoms with Gasteiger partial charge >= 0.3 is 0 Å². The van der Waals surface area contributed by atoms with Gasteiger partial charge in [-0.15, -0.1) is 0 Å². The standard InChI is InChI=1S/C19H12F2N2O2S/c20-14-5-1-4-12(17(14)21)10-23-8-7-13-11(3-2-6-15(13)23)9-16-18(24)22-19(25)26-16/h1-9H,10H2,(H,22,24,25)/b16-9-. The van der Waals surface area contributed by atoms with Crippen molar-refractivity contribution in [2.75, 3.05) is 0 Å². The molecule has 1 fully saturated rings. The van der Waals surface area contributed by atoms with Crippen LogP contribution >= 0.6 is 11.8 Å². The second-order valence-electron chi connectivity index (χ2n) is 5.79. The average molecular weight is 370 g/mol. The Bertz CT molecular complexity index is 1090. The van der Waals surface area contributed by atoms with E-state index in [4.69, 9.17) is 0 Å². The van der Waals surface area contributed by atoms with Crippen LogP contribution in [0.25, 0.3) is 17.0 Å². The van der Waals surface area contributed by atoms with Crippen LogP contribution in [-0.2, 0) is 11.3 Å². The Morgan fingerprint density at radius 3 is 2.65 bits per heavy atom. The molecule has 130 valence electrons. The van der Waals surface area contributed by atoms with Gasteiger partial charge in [-0.3, -0.25) is 14.9 Å². The molecule has 2 amide bonds. The lowest BCUT2D eigenvalue weighted by atomic mass is 10.1. The van der Waals surface area contributed by atoms with Gasteiger partial charge in [0.25, 0.3) is 11.1 Å². The first-order valence-electron chi connectivity index (χ1n) is 7.78. The topological polar surface area (TPSA) is 51.1 Å². The van der Waals surface area contributed by atoms with Crippen LogP contribution in [-0.4, -0.2) is 15.7 Å². The predicted molar refractivity (Wildman–Crippen MR) is 96.5 cm³/mol. The highest BCUT2D eigenvalue weighted by Crippen LogP contribution is 2.29. The number of benzene rings is 2. The number of thioether (sulfide) groups is 1. The van der Waals surface area contributed by atoms with Crippen molar-refractivity contribution in [3.8, 4) is 0 Å². The van der Waals surface area contributed by atoms with E-state index in [1.165, 1.54) is 6.07 Å². The summed E-state index contributed by atoms with van der Waals surface area (Å²) in [5.41, 5.74) is 1.84. The Morgan fingerprint density at radius 2 is 1.88 bits per heavy atom. The SMILES string of the molecule is O=C1NC(=O)/C(=C/c2cccc3c2ccn3Cc2cccc(F)c2F)S1. The summed E-state index contributed by atoms with van der Waals surface area (Å²) in [5, 5.41) is 2.67. The molecule has 2 heterocycles. The molecule has 1 aliphatic rings. The number of carbonyl (C=O) groups excluding carboxylic acids is 2. The fraction of sp³-hybridized carbons (Fsp3) is 0.0526. The number of hydrogen-bond acceptors (Lipinski definition) is 3. The summed E-state index contributed by atoms with van der Waals surface area (Å²) >= 11 is 0.854. The first-order valence-corrected chi connectivity index (χ1v) is 8.60. The summed E-state index contributed by atoms with van der Waals surface area (Å²) in [5.74, 6) is -2.15. The van der Waals surface area contributed by atoms with Crippen molar-refractivity contribution in [2.24, 2.45) is 0 Å². The van der Waals surface area contributed by atoms with E-state index in [9.17, 15) is 18.4 Å². The fourth-order valence-corrected chi connectivity index (χ4v) is 3.60. The van der Waals surface area contributed by atoms with E-state index in [0.717, 1.165) is 34.3 Å². The Hall–Kier alpha value is -2.93. The normalized spacial score (nSPS) is 15.8. The lowest BCUT2D eigenvalue weighted by molar-refractivity contribution is -0.115. The van der Waals surface area contributed by atoms with Crippen molar-refractivity contribution < 1.29 is 18.4 Å². The van der Waals surface area contributed by atoms with Crippen LogP contribution in [0, 0.1) is 11.6 Å². The maximum atomic E-state index is 13.9. The maximum Gasteiger partial charge on any atom is 0.290 e. The van der Waals surface area contributed by atoms with E-state index in [1.54, 1.807) is 18.3 Å². The molecule has 0 unspecified atom stereocenters. The van der Waals surface area contributed by atoms with Crippen molar-refractivity contribution in [1.29, 1.82) is 0 Å². The van der Waals surface area contributed by atoms with Crippen molar-refractivity contribution in [3.05, 3.63) is 76.3 Å². The Labute approximate surface area is 151 Å². The third-order valence-corrected chi connectivity index (χ3v) is 4.96. The molecule has 0 radical (unpaired) electrons. The lowest BCUT2D eigenvalue weighted by Crippen LogP contribution is -2.17. The van der Waals surface area contributed by atoms with Gasteiger partial charge in [-0.2, -0.15) is 0 Å². The first kappa shape index (κ1) is 16.5. The molecule has 0 aliphatic carbocycles. The molecule has 4 nitrogen and oxygen atoms in total. The molecular formula is C19H12F2N2O2S. The minimum Gasteiger partial charge on any atom is -0.343 e. The average Bonchev–Trinajstić information content (AvgIpc) is 3.16. The molecule has 0 atom stereocenters. The van der Waals surface area contributed by atoms with Crippen molar-refractivity contribution in [2.45, 2.75) is 6.54 Å². The number of amides is 2. The summed E-state index contributed by atoms with van der Waals surface area (Å²) in [7, 11) is 0. The molecule has 1 aliphatic heterocycles. The van der Waals surface area contributed by atoms with Gasteiger partial charge in [0.15, 0.2) is 11.6 Å². The van der Waals surface area contributed by atoms with Crippen molar-refractivity contribution in [3.63, 3.8) is 0 Å². The monoisotopic (exact) mass is 370 g/mol. The van der Waals surface area contributed by atoms with Gasteiger partial charge in [-0.25, -0.2) is 8.78 Å². The van der Waals surface area contributed by atoms with Gasteiger partial charge < -0.3 is 4.57 Å². The molecule has 4 rings (SSSR count). The molecule has 0 bridgehead atoms. The summed E-state index contributed by atoms with van der Waals surface area (Å²) < 4.78 is 29.2. The van der Waals surface area contributed by atoms with Gasteiger partial charge in [0.05, 0.1) is 11.4 Å². The van der Waals surface area contributed by atoms with Crippen LogP contribution in [0.15, 0.2) is 53.6 Å². The smallest absolute Gasteiger partial charge is 0.290 e. The lowest BCUT2D eigenvalue weighted by Gasteiger charge is -2.08. The van der Waals surface area contributed by atoms with Crippen LogP contribution in [0.2, 0.25) is 0 Å². The summed E-state index contributed by atoms with van der Waals surface area (Å²) in [6.07, 6.45) is 3.43. The Kier molecular flexibility index (Phi) is 4.08. The zero-order valence-electron chi connectivity index (χ0n) is 13.3. The van der Waals surface area contributed by atoms with Crippen LogP contribution in [0.1, 0.15) is 11.1 Å². The Morgan fingerprint density at radius 1 is 1.08 bits per heavy atom. The number of imide groups is 1. The number of aromatic nitrogens is 1. The zero-order valence-corrected chi connectivity index (χ0v) is 14.1. The zero-order chi connectivity index (χ0) is 18.3. The van der Waals surface area contributed by atoms with Gasteiger partial charge in [-0.1, -0.05) is 24.3 Å². The first-order chi connectivity index (χ1) is 12.5. The number of hydrogen-bond donors (Lipinski definition) is 1. The molecule has 1 saturated heterocycles. The molecule has 26 heavy (non-hydrogen) atoms. The Balaban J connectivity index is 1.74. The van der Waals surface area contributed by atoms with E-state index < -0.39 is 22.8 Å². The quantitative estimate of drug-likeness (QED) is 0.700. The molecule has 2 aromatic carbocycles. The summed E-state index contributed by atoms with van der Waals surface area (Å²) in [4.78, 5) is 23.4. The summed E-state index contributed by atoms with van der Waals surface area (Å²) in [6, 6.07) is 11.5. The molecule has 7 heteroatoms. The van der Waals surface area contributed by atoms with E-state index >= 15 is 0 Å². The van der Waals surface area contributed by atoms with Gasteiger partial charge in [0.2, 0.25) is 0 Å². The third-order valence-electron chi connectivity index (χ3n) is 4.15. The second kappa shape index (κ2) is 6.42. The van der Waals surface area contributed by atoms with E-state index in [-0.39, 0.29) is 12.1 Å². The predicted octanol–water partition coefficient (Wildman–Crippen LogP) is 4.29. The number of halogens is 2. The van der Waals surface area contributed by atoms with E-state index in [2.05, 4.69) is 5.32 Å². The molecule has 0 spiro atoms. The maximum absolute atomic E-state index is 13.9. The fourth-order valence-electron chi connectivity index (χ4n) is 2.93. The highest BCUT2D eigenvalue weighted by atomic mass is 32.2. The molecular weight excluding hydrogens is 358 g/mol. The van der Waals surface area contributed by atoms with E-state index in [1.807, 2.05) is 28.8 Å². The number of nitrogens with one attached hydrogen (secondary N) is 1. The highest BCUT2D eigenvalue weighted by Gasteiger charge is 2.25. The van der Waals surface area contributed by atoms with Crippen LogP contribution in [0.5, 0.6) is 0 Å². The van der Waals surface area contributed by atoms with Gasteiger partial charge in [-0.05, 0) is 41.6 Å². The third kappa shape index (κ3) is 2.90. The minimum absolute atomic E-state index is 0.181. The number of fused-ring (bicyclic) bond motifs is 1. The van der Waals surface area contributed by atoms with E-state index in [0.29, 0.717) is 4.91 Å².